The van der Waals surface area contributed by atoms with Crippen LogP contribution < -0.4 is 14.8 Å². The number of nitrogens with one attached hydrogen (secondary N) is 2. The van der Waals surface area contributed by atoms with Crippen molar-refractivity contribution in [2.75, 3.05) is 30.4 Å². The summed E-state index contributed by atoms with van der Waals surface area (Å²) in [5.74, 6) is -0.683. The molecule has 0 aliphatic carbocycles. The molecule has 0 aliphatic rings. The van der Waals surface area contributed by atoms with Crippen LogP contribution in [0.1, 0.15) is 25.2 Å². The highest BCUT2D eigenvalue weighted by molar-refractivity contribution is 7.92. The molecule has 0 radical (unpaired) electrons. The maximum atomic E-state index is 13.6. The second kappa shape index (κ2) is 11.5. The van der Waals surface area contributed by atoms with Crippen molar-refractivity contribution in [1.82, 2.24) is 9.97 Å². The smallest absolute Gasteiger partial charge is 0.357 e. The van der Waals surface area contributed by atoms with Crippen molar-refractivity contribution in [1.29, 1.82) is 0 Å². The predicted molar refractivity (Wildman–Crippen MR) is 131 cm³/mol. The van der Waals surface area contributed by atoms with Crippen LogP contribution in [0.4, 0.5) is 11.6 Å². The zero-order valence-electron chi connectivity index (χ0n) is 19.4. The Morgan fingerprint density at radius 1 is 1.03 bits per heavy atom. The van der Waals surface area contributed by atoms with E-state index in [-0.39, 0.29) is 29.8 Å². The number of ether oxygens (including phenoxy) is 1. The van der Waals surface area contributed by atoms with E-state index in [2.05, 4.69) is 20.0 Å². The molecule has 13 heteroatoms. The minimum absolute atomic E-state index is 0.0119. The molecule has 0 saturated heterocycles. The van der Waals surface area contributed by atoms with Crippen LogP contribution in [0.5, 0.6) is 11.5 Å². The number of hydrogen-bond acceptors (Lipinski definition) is 10. The van der Waals surface area contributed by atoms with Crippen molar-refractivity contribution >= 4 is 29.3 Å². The molecule has 0 amide bonds. The average molecular weight is 523 g/mol. The van der Waals surface area contributed by atoms with Gasteiger partial charge in [-0.2, -0.15) is 0 Å². The Labute approximate surface area is 204 Å². The summed E-state index contributed by atoms with van der Waals surface area (Å²) in [6.07, 6.45) is 2.68. The van der Waals surface area contributed by atoms with Gasteiger partial charge in [0.2, 0.25) is 5.95 Å². The van der Waals surface area contributed by atoms with E-state index in [4.69, 9.17) is 13.8 Å². The molecule has 3 aromatic rings. The lowest BCUT2D eigenvalue weighted by molar-refractivity contribution is 0.214. The molecule has 1 atom stereocenters. The molecule has 3 rings (SSSR count). The maximum absolute atomic E-state index is 13.6. The zero-order valence-corrected chi connectivity index (χ0v) is 21.1. The van der Waals surface area contributed by atoms with E-state index in [9.17, 15) is 18.1 Å². The van der Waals surface area contributed by atoms with Crippen LogP contribution in [-0.4, -0.2) is 43.8 Å². The van der Waals surface area contributed by atoms with Crippen molar-refractivity contribution in [2.45, 2.75) is 24.5 Å². The fraction of sp³-hybridized carbons (Fsp3) is 0.273. The lowest BCUT2D eigenvalue weighted by atomic mass is 10.2. The van der Waals surface area contributed by atoms with Gasteiger partial charge in [0, 0.05) is 5.69 Å². The summed E-state index contributed by atoms with van der Waals surface area (Å²) in [6, 6.07) is 12.0. The Morgan fingerprint density at radius 2 is 1.66 bits per heavy atom. The summed E-state index contributed by atoms with van der Waals surface area (Å²) in [5.41, 5.74) is 0.933. The van der Waals surface area contributed by atoms with Crippen LogP contribution in [0.25, 0.3) is 0 Å². The van der Waals surface area contributed by atoms with Crippen molar-refractivity contribution < 1.29 is 31.9 Å². The van der Waals surface area contributed by atoms with Gasteiger partial charge in [-0.1, -0.05) is 12.1 Å². The van der Waals surface area contributed by atoms with Gasteiger partial charge in [0.1, 0.15) is 5.75 Å². The third-order valence-electron chi connectivity index (χ3n) is 4.68. The highest BCUT2D eigenvalue weighted by atomic mass is 32.2. The predicted octanol–water partition coefficient (Wildman–Crippen LogP) is 4.37. The molecule has 3 N–H and O–H groups in total. The van der Waals surface area contributed by atoms with Gasteiger partial charge in [0.15, 0.2) is 11.5 Å². The largest absolute Gasteiger partial charge is 0.508 e. The number of phenols is 1. The molecule has 11 nitrogen and oxygen atoms in total. The van der Waals surface area contributed by atoms with E-state index in [1.165, 1.54) is 55.9 Å². The fourth-order valence-corrected chi connectivity index (χ4v) is 6.01. The van der Waals surface area contributed by atoms with Crippen LogP contribution in [-0.2, 0) is 23.6 Å². The Kier molecular flexibility index (Phi) is 8.68. The number of sulfonamides is 1. The highest BCUT2D eigenvalue weighted by Crippen LogP contribution is 2.61. The SMILES string of the molecule is CCOP(=O)(OCC)C(Nc1ccc(S(=O)(=O)Nc2ncc(OC)cn2)cc1)c1cccc(O)c1. The first-order valence-electron chi connectivity index (χ1n) is 10.6. The topological polar surface area (TPSA) is 149 Å². The standard InChI is InChI=1S/C22H27N4O7PS/c1-4-32-34(28,33-5-2)21(16-7-6-8-18(27)13-16)25-17-9-11-20(12-10-17)35(29,30)26-22-23-14-19(31-3)15-24-22/h6-15,21,25,27H,4-5H2,1-3H3,(H,23,24,26). The monoisotopic (exact) mass is 522 g/mol. The third kappa shape index (κ3) is 6.70. The fourth-order valence-electron chi connectivity index (χ4n) is 3.13. The molecule has 1 heterocycles. The molecule has 0 bridgehead atoms. The number of nitrogens with zero attached hydrogens (tertiary/aromatic N) is 2. The zero-order chi connectivity index (χ0) is 25.5. The van der Waals surface area contributed by atoms with E-state index in [1.54, 1.807) is 26.0 Å². The first-order valence-corrected chi connectivity index (χ1v) is 13.7. The number of aromatic nitrogens is 2. The summed E-state index contributed by atoms with van der Waals surface area (Å²) in [7, 11) is -6.23. The van der Waals surface area contributed by atoms with Gasteiger partial charge in [0.05, 0.1) is 37.6 Å². The quantitative estimate of drug-likeness (QED) is 0.293. The van der Waals surface area contributed by atoms with Crippen LogP contribution in [0.15, 0.2) is 65.8 Å². The number of rotatable bonds is 12. The van der Waals surface area contributed by atoms with Gasteiger partial charge in [-0.15, -0.1) is 0 Å². The summed E-state index contributed by atoms with van der Waals surface area (Å²) >= 11 is 0. The summed E-state index contributed by atoms with van der Waals surface area (Å²) < 4.78 is 57.3. The van der Waals surface area contributed by atoms with E-state index in [1.807, 2.05) is 0 Å². The second-order valence-corrected chi connectivity index (χ2v) is 10.9. The van der Waals surface area contributed by atoms with Crippen LogP contribution in [0, 0.1) is 0 Å². The molecular weight excluding hydrogens is 495 g/mol. The molecule has 1 aromatic heterocycles. The highest BCUT2D eigenvalue weighted by Gasteiger charge is 2.37. The van der Waals surface area contributed by atoms with E-state index in [0.29, 0.717) is 17.0 Å². The molecule has 188 valence electrons. The average Bonchev–Trinajstić information content (AvgIpc) is 2.83. The number of benzene rings is 2. The number of phenolic OH excluding ortho intramolecular Hbond substituents is 1. The number of aromatic hydroxyl groups is 1. The van der Waals surface area contributed by atoms with E-state index in [0.717, 1.165) is 0 Å². The van der Waals surface area contributed by atoms with Crippen LogP contribution in [0.3, 0.4) is 0 Å². The Bertz CT molecular complexity index is 1260. The van der Waals surface area contributed by atoms with Gasteiger partial charge in [-0.05, 0) is 55.8 Å². The summed E-state index contributed by atoms with van der Waals surface area (Å²) in [6.45, 7) is 3.68. The minimum Gasteiger partial charge on any atom is -0.508 e. The Hall–Kier alpha value is -3.18. The van der Waals surface area contributed by atoms with Crippen molar-refractivity contribution in [2.24, 2.45) is 0 Å². The number of anilines is 2. The lowest BCUT2D eigenvalue weighted by Gasteiger charge is -2.28. The molecule has 0 fully saturated rings. The lowest BCUT2D eigenvalue weighted by Crippen LogP contribution is -2.16. The molecule has 2 aromatic carbocycles. The Morgan fingerprint density at radius 3 is 2.20 bits per heavy atom. The molecule has 0 saturated carbocycles. The maximum Gasteiger partial charge on any atom is 0.357 e. The molecule has 0 aliphatic heterocycles. The summed E-state index contributed by atoms with van der Waals surface area (Å²) in [5, 5.41) is 13.0. The van der Waals surface area contributed by atoms with Gasteiger partial charge in [-0.3, -0.25) is 4.57 Å². The second-order valence-electron chi connectivity index (χ2n) is 7.09. The van der Waals surface area contributed by atoms with Crippen molar-refractivity contribution in [3.8, 4) is 11.5 Å². The van der Waals surface area contributed by atoms with Crippen molar-refractivity contribution in [3.05, 3.63) is 66.5 Å². The van der Waals surface area contributed by atoms with Gasteiger partial charge in [0.25, 0.3) is 10.0 Å². The van der Waals surface area contributed by atoms with E-state index >= 15 is 0 Å². The first kappa shape index (κ1) is 26.4. The molecule has 0 spiro atoms. The van der Waals surface area contributed by atoms with Gasteiger partial charge in [-0.25, -0.2) is 23.1 Å². The first-order chi connectivity index (χ1) is 16.7. The minimum atomic E-state index is -3.96. The van der Waals surface area contributed by atoms with Gasteiger partial charge >= 0.3 is 7.60 Å². The normalized spacial score (nSPS) is 12.7. The van der Waals surface area contributed by atoms with Crippen LogP contribution in [0.2, 0.25) is 0 Å². The van der Waals surface area contributed by atoms with Crippen molar-refractivity contribution in [3.63, 3.8) is 0 Å². The number of hydrogen-bond donors (Lipinski definition) is 3. The van der Waals surface area contributed by atoms with Gasteiger partial charge < -0.3 is 24.2 Å². The molecule has 1 unspecified atom stereocenters. The summed E-state index contributed by atoms with van der Waals surface area (Å²) in [4.78, 5) is 7.77. The van der Waals surface area contributed by atoms with E-state index < -0.39 is 23.4 Å². The van der Waals surface area contributed by atoms with Crippen LogP contribution >= 0.6 is 7.60 Å². The molecule has 35 heavy (non-hydrogen) atoms. The third-order valence-corrected chi connectivity index (χ3v) is 8.32. The number of methoxy groups -OCH3 is 1. The molecular formula is C22H27N4O7PS. The Balaban J connectivity index is 1.86.